The Labute approximate surface area is 109 Å². The molecule has 2 aromatic heterocycles. The maximum Gasteiger partial charge on any atom is 0.251 e. The second-order valence-corrected chi connectivity index (χ2v) is 4.38. The van der Waals surface area contributed by atoms with E-state index in [4.69, 9.17) is 0 Å². The molecule has 3 rings (SSSR count). The van der Waals surface area contributed by atoms with Crippen LogP contribution in [0.2, 0.25) is 0 Å². The Hall–Kier alpha value is -2.63. The highest BCUT2D eigenvalue weighted by Crippen LogP contribution is 2.12. The van der Waals surface area contributed by atoms with Crippen LogP contribution in [0.25, 0.3) is 10.9 Å². The lowest BCUT2D eigenvalue weighted by Gasteiger charge is -2.03. The van der Waals surface area contributed by atoms with Crippen LogP contribution >= 0.6 is 0 Å². The van der Waals surface area contributed by atoms with Gasteiger partial charge in [0.25, 0.3) is 5.91 Å². The predicted molar refractivity (Wildman–Crippen MR) is 70.5 cm³/mol. The van der Waals surface area contributed by atoms with Crippen molar-refractivity contribution in [3.63, 3.8) is 0 Å². The Morgan fingerprint density at radius 1 is 1.42 bits per heavy atom. The van der Waals surface area contributed by atoms with E-state index in [0.29, 0.717) is 12.1 Å². The second-order valence-electron chi connectivity index (χ2n) is 4.38. The quantitative estimate of drug-likeness (QED) is 0.739. The number of benzene rings is 1. The zero-order chi connectivity index (χ0) is 13.2. The van der Waals surface area contributed by atoms with Crippen molar-refractivity contribution < 1.29 is 4.79 Å². The molecule has 0 aliphatic heterocycles. The first kappa shape index (κ1) is 11.5. The van der Waals surface area contributed by atoms with Crippen LogP contribution in [0.3, 0.4) is 0 Å². The number of carbonyl (C=O) groups is 1. The van der Waals surface area contributed by atoms with E-state index < -0.39 is 0 Å². The van der Waals surface area contributed by atoms with Gasteiger partial charge in [-0.15, -0.1) is 0 Å². The highest BCUT2D eigenvalue weighted by atomic mass is 16.1. The Morgan fingerprint density at radius 2 is 2.32 bits per heavy atom. The summed E-state index contributed by atoms with van der Waals surface area (Å²) in [7, 11) is 1.85. The molecule has 1 aromatic carbocycles. The molecule has 2 N–H and O–H groups in total. The lowest BCUT2D eigenvalue weighted by molar-refractivity contribution is 0.0951. The van der Waals surface area contributed by atoms with Crippen molar-refractivity contribution in [3.05, 3.63) is 47.9 Å². The van der Waals surface area contributed by atoms with Gasteiger partial charge in [-0.1, -0.05) is 0 Å². The average Bonchev–Trinajstić information content (AvgIpc) is 3.03. The van der Waals surface area contributed by atoms with Gasteiger partial charge in [-0.25, -0.2) is 0 Å². The second kappa shape index (κ2) is 4.56. The Balaban J connectivity index is 1.72. The number of H-pyrrole nitrogens is 1. The molecule has 0 saturated heterocycles. The molecule has 1 amide bonds. The number of carbonyl (C=O) groups excluding carboxylic acids is 1. The van der Waals surface area contributed by atoms with Crippen LogP contribution in [0.15, 0.2) is 36.8 Å². The van der Waals surface area contributed by atoms with E-state index in [1.165, 1.54) is 0 Å². The summed E-state index contributed by atoms with van der Waals surface area (Å²) in [5.74, 6) is -0.105. The third-order valence-electron chi connectivity index (χ3n) is 2.91. The fourth-order valence-electron chi connectivity index (χ4n) is 1.93. The first-order valence-electron chi connectivity index (χ1n) is 5.91. The van der Waals surface area contributed by atoms with E-state index in [1.807, 2.05) is 25.4 Å². The van der Waals surface area contributed by atoms with Gasteiger partial charge in [-0.2, -0.15) is 10.2 Å². The van der Waals surface area contributed by atoms with Crippen LogP contribution in [-0.4, -0.2) is 25.9 Å². The van der Waals surface area contributed by atoms with Gasteiger partial charge in [0.1, 0.15) is 0 Å². The van der Waals surface area contributed by atoms with Gasteiger partial charge < -0.3 is 5.32 Å². The van der Waals surface area contributed by atoms with Crippen molar-refractivity contribution >= 4 is 16.8 Å². The maximum atomic E-state index is 12.0. The molecule has 0 bridgehead atoms. The van der Waals surface area contributed by atoms with Crippen LogP contribution in [0.5, 0.6) is 0 Å². The highest BCUT2D eigenvalue weighted by Gasteiger charge is 2.07. The minimum Gasteiger partial charge on any atom is -0.348 e. The first-order chi connectivity index (χ1) is 9.22. The molecule has 0 radical (unpaired) electrons. The minimum absolute atomic E-state index is 0.105. The summed E-state index contributed by atoms with van der Waals surface area (Å²) in [5.41, 5.74) is 2.52. The first-order valence-corrected chi connectivity index (χ1v) is 5.91. The summed E-state index contributed by atoms with van der Waals surface area (Å²) in [6.45, 7) is 0.468. The molecule has 96 valence electrons. The predicted octanol–water partition coefficient (Wildman–Crippen LogP) is 1.23. The third kappa shape index (κ3) is 2.33. The number of aryl methyl sites for hydroxylation is 1. The summed E-state index contributed by atoms with van der Waals surface area (Å²) in [5, 5.41) is 14.6. The molecule has 0 unspecified atom stereocenters. The molecule has 0 saturated carbocycles. The van der Waals surface area contributed by atoms with Crippen LogP contribution in [0.1, 0.15) is 15.9 Å². The molecule has 6 nitrogen and oxygen atoms in total. The fraction of sp³-hybridized carbons (Fsp3) is 0.154. The van der Waals surface area contributed by atoms with E-state index in [0.717, 1.165) is 16.5 Å². The summed E-state index contributed by atoms with van der Waals surface area (Å²) >= 11 is 0. The molecule has 0 aliphatic carbocycles. The minimum atomic E-state index is -0.105. The molecular weight excluding hydrogens is 242 g/mol. The number of aromatic amines is 1. The molecule has 0 fully saturated rings. The van der Waals surface area contributed by atoms with Crippen molar-refractivity contribution in [2.24, 2.45) is 7.05 Å². The van der Waals surface area contributed by atoms with E-state index >= 15 is 0 Å². The van der Waals surface area contributed by atoms with Crippen molar-refractivity contribution in [1.29, 1.82) is 0 Å². The van der Waals surface area contributed by atoms with Gasteiger partial charge in [-0.3, -0.25) is 14.6 Å². The van der Waals surface area contributed by atoms with Crippen molar-refractivity contribution in [2.75, 3.05) is 0 Å². The Bertz CT molecular complexity index is 727. The number of amides is 1. The lowest BCUT2D eigenvalue weighted by Crippen LogP contribution is -2.22. The molecule has 0 atom stereocenters. The van der Waals surface area contributed by atoms with Gasteiger partial charge in [0.05, 0.1) is 17.9 Å². The van der Waals surface area contributed by atoms with Crippen molar-refractivity contribution in [2.45, 2.75) is 6.54 Å². The fourth-order valence-corrected chi connectivity index (χ4v) is 1.93. The number of rotatable bonds is 3. The molecule has 6 heteroatoms. The van der Waals surface area contributed by atoms with Crippen LogP contribution in [-0.2, 0) is 13.6 Å². The number of aromatic nitrogens is 4. The van der Waals surface area contributed by atoms with Crippen LogP contribution in [0.4, 0.5) is 0 Å². The largest absolute Gasteiger partial charge is 0.348 e. The Kier molecular flexibility index (Phi) is 2.75. The molecule has 3 aromatic rings. The van der Waals surface area contributed by atoms with E-state index in [-0.39, 0.29) is 5.91 Å². The normalized spacial score (nSPS) is 10.8. The van der Waals surface area contributed by atoms with E-state index in [1.54, 1.807) is 23.1 Å². The number of fused-ring (bicyclic) bond motifs is 1. The van der Waals surface area contributed by atoms with Gasteiger partial charge in [0.15, 0.2) is 0 Å². The molecule has 0 spiro atoms. The molecule has 19 heavy (non-hydrogen) atoms. The average molecular weight is 255 g/mol. The van der Waals surface area contributed by atoms with Gasteiger partial charge in [-0.05, 0) is 18.2 Å². The zero-order valence-corrected chi connectivity index (χ0v) is 10.4. The number of nitrogens with one attached hydrogen (secondary N) is 2. The lowest BCUT2D eigenvalue weighted by atomic mass is 10.1. The highest BCUT2D eigenvalue weighted by molar-refractivity contribution is 5.97. The molecule has 2 heterocycles. The Morgan fingerprint density at radius 3 is 3.11 bits per heavy atom. The monoisotopic (exact) mass is 255 g/mol. The van der Waals surface area contributed by atoms with Gasteiger partial charge >= 0.3 is 0 Å². The summed E-state index contributed by atoms with van der Waals surface area (Å²) in [4.78, 5) is 12.0. The van der Waals surface area contributed by atoms with Crippen LogP contribution in [0, 0.1) is 0 Å². The summed E-state index contributed by atoms with van der Waals surface area (Å²) in [6, 6.07) is 5.44. The smallest absolute Gasteiger partial charge is 0.251 e. The van der Waals surface area contributed by atoms with Crippen molar-refractivity contribution in [1.82, 2.24) is 25.3 Å². The standard InChI is InChI=1S/C13H13N5O/c1-18-8-9(6-16-18)5-14-13(19)10-2-3-12-11(4-10)7-15-17-12/h2-4,6-8H,5H2,1H3,(H,14,19)(H,15,17). The third-order valence-corrected chi connectivity index (χ3v) is 2.91. The number of hydrogen-bond acceptors (Lipinski definition) is 3. The molecule has 0 aliphatic rings. The maximum absolute atomic E-state index is 12.0. The SMILES string of the molecule is Cn1cc(CNC(=O)c2ccc3[nH]ncc3c2)cn1. The summed E-state index contributed by atoms with van der Waals surface area (Å²) in [6.07, 6.45) is 5.31. The summed E-state index contributed by atoms with van der Waals surface area (Å²) < 4.78 is 1.71. The zero-order valence-electron chi connectivity index (χ0n) is 10.4. The molecular formula is C13H13N5O. The van der Waals surface area contributed by atoms with Crippen molar-refractivity contribution in [3.8, 4) is 0 Å². The van der Waals surface area contributed by atoms with Gasteiger partial charge in [0.2, 0.25) is 0 Å². The number of nitrogens with zero attached hydrogens (tertiary/aromatic N) is 3. The van der Waals surface area contributed by atoms with E-state index in [9.17, 15) is 4.79 Å². The van der Waals surface area contributed by atoms with E-state index in [2.05, 4.69) is 20.6 Å². The topological polar surface area (TPSA) is 75.6 Å². The van der Waals surface area contributed by atoms with Crippen LogP contribution < -0.4 is 5.32 Å². The van der Waals surface area contributed by atoms with Gasteiger partial charge in [0, 0.05) is 36.3 Å². The number of hydrogen-bond donors (Lipinski definition) is 2.